The molecule has 0 bridgehead atoms. The van der Waals surface area contributed by atoms with Crippen molar-refractivity contribution in [3.8, 4) is 0 Å². The number of nitrogens with zero attached hydrogens (tertiary/aromatic N) is 2. The molecule has 1 aromatic rings. The van der Waals surface area contributed by atoms with Gasteiger partial charge in [0.15, 0.2) is 0 Å². The van der Waals surface area contributed by atoms with Crippen LogP contribution in [0.3, 0.4) is 0 Å². The summed E-state index contributed by atoms with van der Waals surface area (Å²) >= 11 is 0. The summed E-state index contributed by atoms with van der Waals surface area (Å²) in [5.74, 6) is -2.08. The van der Waals surface area contributed by atoms with E-state index in [1.807, 2.05) is 0 Å². The van der Waals surface area contributed by atoms with Gasteiger partial charge < -0.3 is 10.0 Å². The molecule has 2 saturated heterocycles. The summed E-state index contributed by atoms with van der Waals surface area (Å²) in [5, 5.41) is 18.8. The predicted octanol–water partition coefficient (Wildman–Crippen LogP) is -0.723. The molecule has 4 atom stereocenters. The van der Waals surface area contributed by atoms with Crippen LogP contribution in [0.2, 0.25) is 0 Å². The van der Waals surface area contributed by atoms with Crippen LogP contribution in [0.4, 0.5) is 5.69 Å². The first kappa shape index (κ1) is 18.8. The molecular weight excluding hydrogens is 363 g/mol. The maximum atomic E-state index is 13.5. The Morgan fingerprint density at radius 1 is 0.786 bits per heavy atom. The van der Waals surface area contributed by atoms with Crippen molar-refractivity contribution in [2.75, 3.05) is 11.9 Å². The minimum absolute atomic E-state index is 0.122. The van der Waals surface area contributed by atoms with Crippen LogP contribution >= 0.6 is 0 Å². The van der Waals surface area contributed by atoms with Crippen molar-refractivity contribution in [1.82, 2.24) is 4.90 Å². The van der Waals surface area contributed by atoms with E-state index in [0.29, 0.717) is 0 Å². The fourth-order valence-electron chi connectivity index (χ4n) is 6.01. The molecule has 4 amide bonds. The Hall–Kier alpha value is -2.52. The number of hydrogen-bond acceptors (Lipinski definition) is 6. The molecule has 3 aliphatic rings. The van der Waals surface area contributed by atoms with Gasteiger partial charge in [-0.1, -0.05) is 12.1 Å². The summed E-state index contributed by atoms with van der Waals surface area (Å²) in [4.78, 5) is 55.0. The van der Waals surface area contributed by atoms with Crippen molar-refractivity contribution < 1.29 is 29.2 Å². The Morgan fingerprint density at radius 3 is 1.64 bits per heavy atom. The van der Waals surface area contributed by atoms with Gasteiger partial charge >= 0.3 is 7.12 Å². The smallest absolute Gasteiger partial charge is 0.423 e. The lowest BCUT2D eigenvalue weighted by Crippen LogP contribution is -2.77. The molecule has 2 N–H and O–H groups in total. The first-order chi connectivity index (χ1) is 12.8. The number of anilines is 1. The van der Waals surface area contributed by atoms with Gasteiger partial charge in [0.25, 0.3) is 0 Å². The standard InChI is InChI=1S/C19H21BN2O6/c1-16-12(23)21(5)13(24)17(16,2)19(4)15(26)22(14(25)18(16,19)3)11-8-6-7-10(9-11)20(27)28/h6-9,27-28H,1-5H3. The lowest BCUT2D eigenvalue weighted by molar-refractivity contribution is -0.243. The van der Waals surface area contributed by atoms with Gasteiger partial charge in [-0.05, 0) is 45.3 Å². The topological polar surface area (TPSA) is 115 Å². The number of likely N-dealkylation sites (tertiary alicyclic amines) is 1. The number of carbonyl (C=O) groups excluding carboxylic acids is 4. The van der Waals surface area contributed by atoms with E-state index in [2.05, 4.69) is 0 Å². The molecular formula is C19H21BN2O6. The summed E-state index contributed by atoms with van der Waals surface area (Å²) in [6.07, 6.45) is 0. The highest BCUT2D eigenvalue weighted by molar-refractivity contribution is 6.58. The molecule has 4 rings (SSSR count). The van der Waals surface area contributed by atoms with Crippen molar-refractivity contribution in [3.63, 3.8) is 0 Å². The maximum absolute atomic E-state index is 13.5. The zero-order valence-corrected chi connectivity index (χ0v) is 16.3. The average Bonchev–Trinajstić information content (AvgIpc) is 2.89. The molecule has 1 aromatic carbocycles. The third-order valence-corrected chi connectivity index (χ3v) is 8.15. The SMILES string of the molecule is CN1C(=O)C2(C)C(C)(C1=O)C1(C)C(=O)N(c3cccc(B(O)O)c3)C(=O)C21C. The van der Waals surface area contributed by atoms with Crippen LogP contribution in [0.5, 0.6) is 0 Å². The summed E-state index contributed by atoms with van der Waals surface area (Å²) in [5.41, 5.74) is -5.21. The second-order valence-corrected chi connectivity index (χ2v) is 8.58. The van der Waals surface area contributed by atoms with Gasteiger partial charge in [-0.3, -0.25) is 24.1 Å². The first-order valence-corrected chi connectivity index (χ1v) is 9.01. The molecule has 9 heteroatoms. The van der Waals surface area contributed by atoms with E-state index in [-0.39, 0.29) is 11.2 Å². The minimum atomic E-state index is -1.76. The van der Waals surface area contributed by atoms with E-state index in [0.717, 1.165) is 9.80 Å². The van der Waals surface area contributed by atoms with Crippen LogP contribution in [0.1, 0.15) is 27.7 Å². The summed E-state index contributed by atoms with van der Waals surface area (Å²) in [6.45, 7) is 6.32. The van der Waals surface area contributed by atoms with E-state index in [9.17, 15) is 29.2 Å². The molecule has 1 aliphatic carbocycles. The van der Waals surface area contributed by atoms with E-state index >= 15 is 0 Å². The van der Waals surface area contributed by atoms with Gasteiger partial charge in [-0.15, -0.1) is 0 Å². The third kappa shape index (κ3) is 1.42. The lowest BCUT2D eigenvalue weighted by atomic mass is 9.27. The molecule has 0 aromatic heterocycles. The Bertz CT molecular complexity index is 942. The van der Waals surface area contributed by atoms with Gasteiger partial charge in [0.05, 0.1) is 27.3 Å². The fraction of sp³-hybridized carbons (Fsp3) is 0.474. The van der Waals surface area contributed by atoms with Gasteiger partial charge in [0.2, 0.25) is 23.6 Å². The van der Waals surface area contributed by atoms with Gasteiger partial charge in [-0.2, -0.15) is 0 Å². The molecule has 146 valence electrons. The van der Waals surface area contributed by atoms with Crippen molar-refractivity contribution in [2.45, 2.75) is 27.7 Å². The maximum Gasteiger partial charge on any atom is 0.488 e. The normalized spacial score (nSPS) is 39.2. The Labute approximate surface area is 162 Å². The summed E-state index contributed by atoms with van der Waals surface area (Å²) in [7, 11) is -0.386. The van der Waals surface area contributed by atoms with Crippen LogP contribution in [-0.4, -0.2) is 52.7 Å². The van der Waals surface area contributed by atoms with Crippen LogP contribution in [0.25, 0.3) is 0 Å². The highest BCUT2D eigenvalue weighted by Crippen LogP contribution is 2.84. The minimum Gasteiger partial charge on any atom is -0.423 e. The number of imide groups is 2. The van der Waals surface area contributed by atoms with E-state index in [4.69, 9.17) is 0 Å². The molecule has 0 spiro atoms. The van der Waals surface area contributed by atoms with Crippen molar-refractivity contribution in [3.05, 3.63) is 24.3 Å². The summed E-state index contributed by atoms with van der Waals surface area (Å²) in [6, 6.07) is 5.81. The number of fused-ring (bicyclic) bond motifs is 4. The molecule has 2 aliphatic heterocycles. The van der Waals surface area contributed by atoms with Crippen LogP contribution in [-0.2, 0) is 19.2 Å². The Balaban J connectivity index is 1.93. The van der Waals surface area contributed by atoms with Crippen LogP contribution in [0, 0.1) is 21.7 Å². The molecule has 2 heterocycles. The fourth-order valence-corrected chi connectivity index (χ4v) is 6.01. The largest absolute Gasteiger partial charge is 0.488 e. The Kier molecular flexibility index (Phi) is 3.30. The number of rotatable bonds is 2. The van der Waals surface area contributed by atoms with Crippen molar-refractivity contribution in [1.29, 1.82) is 0 Å². The third-order valence-electron chi connectivity index (χ3n) is 8.15. The summed E-state index contributed by atoms with van der Waals surface area (Å²) < 4.78 is 0. The highest BCUT2D eigenvalue weighted by Gasteiger charge is 2.96. The molecule has 8 nitrogen and oxygen atoms in total. The second kappa shape index (κ2) is 4.90. The number of carbonyl (C=O) groups is 4. The quantitative estimate of drug-likeness (QED) is 0.514. The average molecular weight is 384 g/mol. The molecule has 28 heavy (non-hydrogen) atoms. The molecule has 3 fully saturated rings. The van der Waals surface area contributed by atoms with Gasteiger partial charge in [-0.25, -0.2) is 4.90 Å². The molecule has 4 unspecified atom stereocenters. The van der Waals surface area contributed by atoms with Gasteiger partial charge in [0, 0.05) is 7.05 Å². The van der Waals surface area contributed by atoms with Crippen LogP contribution < -0.4 is 10.4 Å². The lowest BCUT2D eigenvalue weighted by Gasteiger charge is -2.67. The zero-order valence-electron chi connectivity index (χ0n) is 16.3. The van der Waals surface area contributed by atoms with Crippen molar-refractivity contribution >= 4 is 41.9 Å². The predicted molar refractivity (Wildman–Crippen MR) is 99.0 cm³/mol. The molecule has 0 radical (unpaired) electrons. The van der Waals surface area contributed by atoms with E-state index in [1.165, 1.54) is 31.3 Å². The number of amides is 4. The monoisotopic (exact) mass is 384 g/mol. The van der Waals surface area contributed by atoms with E-state index < -0.39 is 52.4 Å². The number of benzene rings is 1. The van der Waals surface area contributed by atoms with E-state index in [1.54, 1.807) is 27.7 Å². The van der Waals surface area contributed by atoms with Crippen LogP contribution in [0.15, 0.2) is 24.3 Å². The Morgan fingerprint density at radius 2 is 1.21 bits per heavy atom. The second-order valence-electron chi connectivity index (χ2n) is 8.58. The zero-order chi connectivity index (χ0) is 21.0. The van der Waals surface area contributed by atoms with Gasteiger partial charge in [0.1, 0.15) is 0 Å². The highest BCUT2D eigenvalue weighted by atomic mass is 16.4. The first-order valence-electron chi connectivity index (χ1n) is 9.01. The number of hydrogen-bond donors (Lipinski definition) is 2. The van der Waals surface area contributed by atoms with Crippen molar-refractivity contribution in [2.24, 2.45) is 21.7 Å². The molecule has 1 saturated carbocycles.